The summed E-state index contributed by atoms with van der Waals surface area (Å²) in [6, 6.07) is 18.0. The zero-order chi connectivity index (χ0) is 22.9. The van der Waals surface area contributed by atoms with E-state index in [-0.39, 0.29) is 17.8 Å². The molecule has 0 radical (unpaired) electrons. The summed E-state index contributed by atoms with van der Waals surface area (Å²) in [5, 5.41) is 2.29. The Bertz CT molecular complexity index is 1350. The number of fused-ring (bicyclic) bond motifs is 1. The molecular weight excluding hydrogens is 434 g/mol. The van der Waals surface area contributed by atoms with Gasteiger partial charge in [-0.05, 0) is 23.8 Å². The normalized spacial score (nSPS) is 14.6. The van der Waals surface area contributed by atoms with Crippen molar-refractivity contribution in [3.05, 3.63) is 113 Å². The molecule has 0 aromatic heterocycles. The van der Waals surface area contributed by atoms with Crippen molar-refractivity contribution in [3.8, 4) is 0 Å². The van der Waals surface area contributed by atoms with E-state index in [0.29, 0.717) is 22.9 Å². The van der Waals surface area contributed by atoms with Crippen molar-refractivity contribution in [1.29, 1.82) is 0 Å². The van der Waals surface area contributed by atoms with Crippen molar-refractivity contribution >= 4 is 32.9 Å². The summed E-state index contributed by atoms with van der Waals surface area (Å²) in [6.45, 7) is 3.55. The average molecular weight is 452 g/mol. The van der Waals surface area contributed by atoms with Crippen molar-refractivity contribution in [2.24, 2.45) is 0 Å². The predicted octanol–water partition coefficient (Wildman–Crippen LogP) is 4.70. The minimum atomic E-state index is -4.34. The number of sulfonamides is 1. The van der Waals surface area contributed by atoms with Crippen LogP contribution >= 0.6 is 0 Å². The molecule has 5 nitrogen and oxygen atoms in total. The quantitative estimate of drug-likeness (QED) is 0.571. The summed E-state index contributed by atoms with van der Waals surface area (Å²) < 4.78 is 55.8. The van der Waals surface area contributed by atoms with E-state index in [1.54, 1.807) is 54.6 Å². The standard InChI is InChI=1S/C24H18F2N2O3S/c1-2-14-28-21-11-7-6-10-18(21)22(16-8-4-3-5-9-16)23(32(28,30)31)24(29)27-20-13-12-17(25)15-19(20)26/h2-13,15H,1,14H2,(H,27,29). The number of carbonyl (C=O) groups excluding carboxylic acids is 1. The van der Waals surface area contributed by atoms with Gasteiger partial charge in [0.15, 0.2) is 4.91 Å². The third kappa shape index (κ3) is 3.69. The monoisotopic (exact) mass is 452 g/mol. The SMILES string of the molecule is C=CCN1c2ccccc2C(c2ccccc2)=C(C(=O)Nc2ccc(F)cc2F)S1(=O)=O. The average Bonchev–Trinajstić information content (AvgIpc) is 2.77. The van der Waals surface area contributed by atoms with Crippen LogP contribution in [0.15, 0.2) is 90.4 Å². The summed E-state index contributed by atoms with van der Waals surface area (Å²) >= 11 is 0. The van der Waals surface area contributed by atoms with Crippen molar-refractivity contribution < 1.29 is 22.0 Å². The van der Waals surface area contributed by atoms with Crippen LogP contribution in [0.3, 0.4) is 0 Å². The first kappa shape index (κ1) is 21.5. The van der Waals surface area contributed by atoms with Gasteiger partial charge >= 0.3 is 0 Å². The minimum Gasteiger partial charge on any atom is -0.319 e. The number of benzene rings is 3. The van der Waals surface area contributed by atoms with Gasteiger partial charge in [0.05, 0.1) is 17.9 Å². The second-order valence-corrected chi connectivity index (χ2v) is 8.79. The second kappa shape index (κ2) is 8.39. The Kier molecular flexibility index (Phi) is 5.63. The lowest BCUT2D eigenvalue weighted by atomic mass is 9.95. The molecule has 1 aliphatic heterocycles. The first-order valence-corrected chi connectivity index (χ1v) is 11.1. The van der Waals surface area contributed by atoms with Crippen molar-refractivity contribution in [2.75, 3.05) is 16.2 Å². The van der Waals surface area contributed by atoms with E-state index in [4.69, 9.17) is 0 Å². The highest BCUT2D eigenvalue weighted by Crippen LogP contribution is 2.43. The largest absolute Gasteiger partial charge is 0.319 e. The smallest absolute Gasteiger partial charge is 0.270 e. The molecule has 162 valence electrons. The lowest BCUT2D eigenvalue weighted by molar-refractivity contribution is -0.112. The fraction of sp³-hybridized carbons (Fsp3) is 0.0417. The van der Waals surface area contributed by atoms with Gasteiger partial charge < -0.3 is 5.32 Å². The molecular formula is C24H18F2N2O3S. The van der Waals surface area contributed by atoms with Crippen LogP contribution in [0.25, 0.3) is 5.57 Å². The third-order valence-corrected chi connectivity index (χ3v) is 6.79. The van der Waals surface area contributed by atoms with Gasteiger partial charge in [-0.25, -0.2) is 17.2 Å². The number of anilines is 2. The Morgan fingerprint density at radius 3 is 2.38 bits per heavy atom. The lowest BCUT2D eigenvalue weighted by Crippen LogP contribution is -2.39. The molecule has 3 aromatic carbocycles. The van der Waals surface area contributed by atoms with Crippen molar-refractivity contribution in [3.63, 3.8) is 0 Å². The molecule has 0 unspecified atom stereocenters. The van der Waals surface area contributed by atoms with Crippen LogP contribution in [0, 0.1) is 11.6 Å². The molecule has 0 atom stereocenters. The van der Waals surface area contributed by atoms with E-state index in [0.717, 1.165) is 16.4 Å². The number of amides is 1. The van der Waals surface area contributed by atoms with E-state index in [2.05, 4.69) is 11.9 Å². The molecule has 0 spiro atoms. The van der Waals surface area contributed by atoms with E-state index < -0.39 is 32.5 Å². The van der Waals surface area contributed by atoms with Gasteiger partial charge in [0.2, 0.25) is 0 Å². The molecule has 3 aromatic rings. The van der Waals surface area contributed by atoms with Gasteiger partial charge in [0, 0.05) is 17.2 Å². The fourth-order valence-electron chi connectivity index (χ4n) is 3.60. The molecule has 0 aliphatic carbocycles. The molecule has 1 N–H and O–H groups in total. The van der Waals surface area contributed by atoms with Crippen molar-refractivity contribution in [1.82, 2.24) is 0 Å². The zero-order valence-corrected chi connectivity index (χ0v) is 17.6. The predicted molar refractivity (Wildman–Crippen MR) is 120 cm³/mol. The molecule has 8 heteroatoms. The van der Waals surface area contributed by atoms with Crippen LogP contribution in [0.4, 0.5) is 20.2 Å². The number of hydrogen-bond donors (Lipinski definition) is 1. The van der Waals surface area contributed by atoms with Crippen molar-refractivity contribution in [2.45, 2.75) is 0 Å². The Hall–Kier alpha value is -3.78. The van der Waals surface area contributed by atoms with E-state index >= 15 is 0 Å². The summed E-state index contributed by atoms with van der Waals surface area (Å²) in [5.74, 6) is -2.87. The fourth-order valence-corrected chi connectivity index (χ4v) is 5.31. The first-order chi connectivity index (χ1) is 15.3. The Morgan fingerprint density at radius 2 is 1.69 bits per heavy atom. The maximum atomic E-state index is 14.2. The maximum absolute atomic E-state index is 14.2. The molecule has 0 saturated carbocycles. The number of halogens is 2. The third-order valence-electron chi connectivity index (χ3n) is 4.96. The number of hydrogen-bond acceptors (Lipinski definition) is 3. The summed E-state index contributed by atoms with van der Waals surface area (Å²) in [5.41, 5.74) is 1.30. The summed E-state index contributed by atoms with van der Waals surface area (Å²) in [7, 11) is -4.34. The van der Waals surface area contributed by atoms with E-state index in [1.807, 2.05) is 0 Å². The van der Waals surface area contributed by atoms with Gasteiger partial charge in [0.25, 0.3) is 15.9 Å². The molecule has 0 fully saturated rings. The molecule has 0 bridgehead atoms. The lowest BCUT2D eigenvalue weighted by Gasteiger charge is -2.32. The number of nitrogens with one attached hydrogen (secondary N) is 1. The highest BCUT2D eigenvalue weighted by molar-refractivity contribution is 7.97. The molecule has 32 heavy (non-hydrogen) atoms. The topological polar surface area (TPSA) is 66.5 Å². The van der Waals surface area contributed by atoms with Gasteiger partial charge in [-0.1, -0.05) is 54.6 Å². The van der Waals surface area contributed by atoms with Crippen LogP contribution in [0.2, 0.25) is 0 Å². The van der Waals surface area contributed by atoms with Crippen LogP contribution < -0.4 is 9.62 Å². The Labute approximate surface area is 184 Å². The van der Waals surface area contributed by atoms with Gasteiger partial charge in [0.1, 0.15) is 11.6 Å². The van der Waals surface area contributed by atoms with Crippen LogP contribution in [0.5, 0.6) is 0 Å². The summed E-state index contributed by atoms with van der Waals surface area (Å²) in [4.78, 5) is 12.8. The van der Waals surface area contributed by atoms with E-state index in [9.17, 15) is 22.0 Å². The Morgan fingerprint density at radius 1 is 1.00 bits per heavy atom. The second-order valence-electron chi connectivity index (χ2n) is 6.99. The summed E-state index contributed by atoms with van der Waals surface area (Å²) in [6.07, 6.45) is 1.41. The zero-order valence-electron chi connectivity index (χ0n) is 16.8. The maximum Gasteiger partial charge on any atom is 0.270 e. The molecule has 4 rings (SSSR count). The van der Waals surface area contributed by atoms with Gasteiger partial charge in [-0.3, -0.25) is 9.10 Å². The molecule has 0 saturated heterocycles. The van der Waals surface area contributed by atoms with Crippen LogP contribution in [-0.4, -0.2) is 20.9 Å². The number of carbonyl (C=O) groups is 1. The van der Waals surface area contributed by atoms with Gasteiger partial charge in [-0.2, -0.15) is 0 Å². The molecule has 1 heterocycles. The number of para-hydroxylation sites is 1. The molecule has 1 aliphatic rings. The first-order valence-electron chi connectivity index (χ1n) is 9.63. The highest BCUT2D eigenvalue weighted by Gasteiger charge is 2.41. The van der Waals surface area contributed by atoms with Crippen LogP contribution in [-0.2, 0) is 14.8 Å². The number of nitrogens with zero attached hydrogens (tertiary/aromatic N) is 1. The van der Waals surface area contributed by atoms with Crippen LogP contribution in [0.1, 0.15) is 11.1 Å². The van der Waals surface area contributed by atoms with Gasteiger partial charge in [-0.15, -0.1) is 6.58 Å². The Balaban J connectivity index is 1.98. The highest BCUT2D eigenvalue weighted by atomic mass is 32.2. The minimum absolute atomic E-state index is 0.0664. The molecule has 1 amide bonds. The number of rotatable bonds is 5. The van der Waals surface area contributed by atoms with E-state index in [1.165, 1.54) is 6.08 Å².